The summed E-state index contributed by atoms with van der Waals surface area (Å²) in [7, 11) is 1.63. The highest BCUT2D eigenvalue weighted by Crippen LogP contribution is 2.27. The summed E-state index contributed by atoms with van der Waals surface area (Å²) in [5.41, 5.74) is 2.91. The van der Waals surface area contributed by atoms with Crippen LogP contribution in [0.1, 0.15) is 40.7 Å². The Balaban J connectivity index is 2.18. The molecule has 0 bridgehead atoms. The lowest BCUT2D eigenvalue weighted by atomic mass is 9.90. The third kappa shape index (κ3) is 3.35. The van der Waals surface area contributed by atoms with E-state index in [0.717, 1.165) is 36.2 Å². The summed E-state index contributed by atoms with van der Waals surface area (Å²) in [6.45, 7) is 6.05. The highest BCUT2D eigenvalue weighted by Gasteiger charge is 2.21. The Morgan fingerprint density at radius 2 is 2.21 bits per heavy atom. The third-order valence-electron chi connectivity index (χ3n) is 3.82. The van der Waals surface area contributed by atoms with Crippen LogP contribution in [0.2, 0.25) is 0 Å². The Morgan fingerprint density at radius 1 is 1.42 bits per heavy atom. The first-order chi connectivity index (χ1) is 9.11. The first-order valence-electron chi connectivity index (χ1n) is 7.01. The molecule has 3 nitrogen and oxygen atoms in total. The molecule has 0 aliphatic carbocycles. The molecule has 1 atom stereocenters. The first kappa shape index (κ1) is 14.1. The molecule has 0 spiro atoms. The van der Waals surface area contributed by atoms with Gasteiger partial charge in [0.2, 0.25) is 0 Å². The van der Waals surface area contributed by atoms with Crippen molar-refractivity contribution in [3.05, 3.63) is 28.8 Å². The monoisotopic (exact) mass is 261 g/mol. The second kappa shape index (κ2) is 6.20. The molecule has 1 aliphatic rings. The van der Waals surface area contributed by atoms with E-state index >= 15 is 0 Å². The van der Waals surface area contributed by atoms with Crippen LogP contribution in [0.25, 0.3) is 0 Å². The fraction of sp³-hybridized carbons (Fsp3) is 0.562. The summed E-state index contributed by atoms with van der Waals surface area (Å²) in [5.74, 6) is 1.39. The minimum Gasteiger partial charge on any atom is -0.496 e. The van der Waals surface area contributed by atoms with Gasteiger partial charge in [-0.3, -0.25) is 4.79 Å². The number of carbonyl (C=O) groups is 1. The maximum atomic E-state index is 12.5. The van der Waals surface area contributed by atoms with E-state index < -0.39 is 0 Å². The van der Waals surface area contributed by atoms with Gasteiger partial charge in [-0.05, 0) is 62.9 Å². The minimum absolute atomic E-state index is 0.211. The lowest BCUT2D eigenvalue weighted by Gasteiger charge is -2.22. The van der Waals surface area contributed by atoms with Crippen molar-refractivity contribution >= 4 is 5.78 Å². The van der Waals surface area contributed by atoms with Crippen molar-refractivity contribution in [3.63, 3.8) is 0 Å². The molecule has 1 unspecified atom stereocenters. The van der Waals surface area contributed by atoms with Crippen molar-refractivity contribution in [1.82, 2.24) is 5.32 Å². The van der Waals surface area contributed by atoms with E-state index in [1.165, 1.54) is 6.42 Å². The van der Waals surface area contributed by atoms with Gasteiger partial charge in [-0.1, -0.05) is 6.07 Å². The second-order valence-electron chi connectivity index (χ2n) is 5.50. The average molecular weight is 261 g/mol. The Morgan fingerprint density at radius 3 is 2.84 bits per heavy atom. The molecule has 1 saturated heterocycles. The normalized spacial score (nSPS) is 19.2. The van der Waals surface area contributed by atoms with Crippen LogP contribution < -0.4 is 10.1 Å². The van der Waals surface area contributed by atoms with Gasteiger partial charge in [0.05, 0.1) is 12.7 Å². The number of piperidine rings is 1. The summed E-state index contributed by atoms with van der Waals surface area (Å²) in [6, 6.07) is 3.99. The van der Waals surface area contributed by atoms with E-state index in [9.17, 15) is 4.79 Å². The van der Waals surface area contributed by atoms with E-state index in [1.807, 2.05) is 19.9 Å². The Bertz CT molecular complexity index is 462. The van der Waals surface area contributed by atoms with Gasteiger partial charge >= 0.3 is 0 Å². The molecule has 19 heavy (non-hydrogen) atoms. The minimum atomic E-state index is 0.211. The topological polar surface area (TPSA) is 38.3 Å². The number of aryl methyl sites for hydroxylation is 2. The van der Waals surface area contributed by atoms with E-state index in [4.69, 9.17) is 4.74 Å². The number of benzene rings is 1. The van der Waals surface area contributed by atoms with E-state index in [0.29, 0.717) is 18.1 Å². The van der Waals surface area contributed by atoms with Crippen molar-refractivity contribution in [3.8, 4) is 5.75 Å². The molecule has 1 N–H and O–H groups in total. The number of carbonyl (C=O) groups excluding carboxylic acids is 1. The number of Topliss-reactive ketones (excluding diaryl/α,β-unsaturated/α-hetero) is 1. The molecule has 2 rings (SSSR count). The van der Waals surface area contributed by atoms with E-state index in [1.54, 1.807) is 7.11 Å². The molecular formula is C16H23NO2. The smallest absolute Gasteiger partial charge is 0.167 e. The summed E-state index contributed by atoms with van der Waals surface area (Å²) >= 11 is 0. The largest absolute Gasteiger partial charge is 0.496 e. The third-order valence-corrected chi connectivity index (χ3v) is 3.82. The summed E-state index contributed by atoms with van der Waals surface area (Å²) in [5, 5.41) is 3.36. The van der Waals surface area contributed by atoms with Gasteiger partial charge in [0.15, 0.2) is 5.78 Å². The summed E-state index contributed by atoms with van der Waals surface area (Å²) in [6.07, 6.45) is 2.93. The lowest BCUT2D eigenvalue weighted by molar-refractivity contribution is 0.0950. The molecule has 0 amide bonds. The lowest BCUT2D eigenvalue weighted by Crippen LogP contribution is -2.31. The molecule has 1 fully saturated rings. The quantitative estimate of drug-likeness (QED) is 0.847. The highest BCUT2D eigenvalue weighted by atomic mass is 16.5. The van der Waals surface area contributed by atoms with E-state index in [-0.39, 0.29) is 5.78 Å². The maximum absolute atomic E-state index is 12.5. The van der Waals surface area contributed by atoms with Gasteiger partial charge in [-0.2, -0.15) is 0 Å². The number of hydrogen-bond donors (Lipinski definition) is 1. The fourth-order valence-electron chi connectivity index (χ4n) is 2.91. The second-order valence-corrected chi connectivity index (χ2v) is 5.50. The van der Waals surface area contributed by atoms with Gasteiger partial charge in [-0.25, -0.2) is 0 Å². The molecule has 0 aromatic heterocycles. The number of rotatable bonds is 4. The van der Waals surface area contributed by atoms with E-state index in [2.05, 4.69) is 11.4 Å². The van der Waals surface area contributed by atoms with Crippen molar-refractivity contribution in [1.29, 1.82) is 0 Å². The van der Waals surface area contributed by atoms with Crippen LogP contribution in [-0.2, 0) is 0 Å². The van der Waals surface area contributed by atoms with Crippen molar-refractivity contribution in [2.24, 2.45) is 5.92 Å². The molecule has 104 valence electrons. The van der Waals surface area contributed by atoms with Gasteiger partial charge in [-0.15, -0.1) is 0 Å². The molecule has 1 aromatic rings. The van der Waals surface area contributed by atoms with Gasteiger partial charge in [0.1, 0.15) is 5.75 Å². The number of nitrogens with one attached hydrogen (secondary N) is 1. The highest BCUT2D eigenvalue weighted by molar-refractivity contribution is 6.00. The van der Waals surface area contributed by atoms with Crippen LogP contribution in [0.15, 0.2) is 12.1 Å². The average Bonchev–Trinajstić information content (AvgIpc) is 2.38. The zero-order valence-electron chi connectivity index (χ0n) is 12.1. The zero-order chi connectivity index (χ0) is 13.8. The first-order valence-corrected chi connectivity index (χ1v) is 7.01. The molecule has 1 aliphatic heterocycles. The standard InChI is InChI=1S/C16H23NO2/c1-11-7-12(2)16(15(8-11)19-3)14(18)9-13-5-4-6-17-10-13/h7-8,13,17H,4-6,9-10H2,1-3H3. The Hall–Kier alpha value is -1.35. The number of methoxy groups -OCH3 is 1. The molecule has 0 saturated carbocycles. The maximum Gasteiger partial charge on any atom is 0.167 e. The molecule has 1 aromatic carbocycles. The molecule has 3 heteroatoms. The van der Waals surface area contributed by atoms with Crippen LogP contribution >= 0.6 is 0 Å². The van der Waals surface area contributed by atoms with Gasteiger partial charge in [0.25, 0.3) is 0 Å². The number of ketones is 1. The summed E-state index contributed by atoms with van der Waals surface area (Å²) in [4.78, 5) is 12.5. The predicted molar refractivity (Wildman–Crippen MR) is 77.0 cm³/mol. The van der Waals surface area contributed by atoms with Crippen molar-refractivity contribution < 1.29 is 9.53 Å². The molecule has 0 radical (unpaired) electrons. The van der Waals surface area contributed by atoms with Gasteiger partial charge in [0, 0.05) is 6.42 Å². The van der Waals surface area contributed by atoms with Crippen LogP contribution in [0, 0.1) is 19.8 Å². The van der Waals surface area contributed by atoms with Crippen LogP contribution in [0.4, 0.5) is 0 Å². The fourth-order valence-corrected chi connectivity index (χ4v) is 2.91. The Kier molecular flexibility index (Phi) is 4.59. The number of ether oxygens (including phenoxy) is 1. The Labute approximate surface area is 115 Å². The molecule has 1 heterocycles. The summed E-state index contributed by atoms with van der Waals surface area (Å²) < 4.78 is 5.38. The van der Waals surface area contributed by atoms with Crippen LogP contribution in [-0.4, -0.2) is 26.0 Å². The van der Waals surface area contributed by atoms with Crippen molar-refractivity contribution in [2.75, 3.05) is 20.2 Å². The van der Waals surface area contributed by atoms with Crippen LogP contribution in [0.3, 0.4) is 0 Å². The van der Waals surface area contributed by atoms with Gasteiger partial charge < -0.3 is 10.1 Å². The van der Waals surface area contributed by atoms with Crippen molar-refractivity contribution in [2.45, 2.75) is 33.1 Å². The predicted octanol–water partition coefficient (Wildman–Crippen LogP) is 2.88. The molecular weight excluding hydrogens is 238 g/mol. The zero-order valence-corrected chi connectivity index (χ0v) is 12.1. The SMILES string of the molecule is COc1cc(C)cc(C)c1C(=O)CC1CCCNC1. The van der Waals surface area contributed by atoms with Crippen LogP contribution in [0.5, 0.6) is 5.75 Å². The number of hydrogen-bond acceptors (Lipinski definition) is 3.